The number of carbonyl (C=O) groups excluding carboxylic acids is 3. The molecule has 0 aromatic heterocycles. The molecule has 0 unspecified atom stereocenters. The number of halogens is 1. The summed E-state index contributed by atoms with van der Waals surface area (Å²) in [6, 6.07) is 27.8. The van der Waals surface area contributed by atoms with E-state index in [1.54, 1.807) is 84.9 Å². The van der Waals surface area contributed by atoms with Gasteiger partial charge in [0.05, 0.1) is 16.2 Å². The van der Waals surface area contributed by atoms with Gasteiger partial charge in [-0.3, -0.25) is 24.5 Å². The number of nitrogens with zero attached hydrogens (tertiary/aromatic N) is 1. The van der Waals surface area contributed by atoms with Crippen molar-refractivity contribution >= 4 is 64.2 Å². The summed E-state index contributed by atoms with van der Waals surface area (Å²) in [6.07, 6.45) is 1.26. The second-order valence-electron chi connectivity index (χ2n) is 8.52. The first-order valence-electron chi connectivity index (χ1n) is 12.2. The SMILES string of the molecule is O=C(CSc1ccc(NC(=O)/C(=C/c2ccccc2[N+](=O)[O-])NC(=O)c2ccccc2)cc1)Nc1cccc(Cl)c1. The molecule has 0 saturated carbocycles. The van der Waals surface area contributed by atoms with Crippen molar-refractivity contribution in [1.29, 1.82) is 0 Å². The highest BCUT2D eigenvalue weighted by Crippen LogP contribution is 2.23. The lowest BCUT2D eigenvalue weighted by atomic mass is 10.1. The Hall–Kier alpha value is -4.93. The quantitative estimate of drug-likeness (QED) is 0.0854. The van der Waals surface area contributed by atoms with Crippen molar-refractivity contribution in [2.24, 2.45) is 0 Å². The molecule has 3 N–H and O–H groups in total. The van der Waals surface area contributed by atoms with Gasteiger partial charge >= 0.3 is 0 Å². The Bertz CT molecular complexity index is 1610. The van der Waals surface area contributed by atoms with E-state index in [1.165, 1.54) is 36.0 Å². The van der Waals surface area contributed by atoms with E-state index in [2.05, 4.69) is 16.0 Å². The van der Waals surface area contributed by atoms with Crippen molar-refractivity contribution in [3.8, 4) is 0 Å². The molecule has 0 aliphatic carbocycles. The molecule has 0 heterocycles. The van der Waals surface area contributed by atoms with Crippen molar-refractivity contribution in [1.82, 2.24) is 5.32 Å². The third-order valence-corrected chi connectivity index (χ3v) is 6.80. The lowest BCUT2D eigenvalue weighted by Gasteiger charge is -2.12. The normalized spacial score (nSPS) is 10.9. The summed E-state index contributed by atoms with van der Waals surface area (Å²) >= 11 is 7.25. The van der Waals surface area contributed by atoms with Crippen molar-refractivity contribution in [2.45, 2.75) is 4.90 Å². The number of rotatable bonds is 10. The van der Waals surface area contributed by atoms with Crippen molar-refractivity contribution in [2.75, 3.05) is 16.4 Å². The number of anilines is 2. The van der Waals surface area contributed by atoms with Gasteiger partial charge in [-0.25, -0.2) is 0 Å². The van der Waals surface area contributed by atoms with Crippen LogP contribution in [0.1, 0.15) is 15.9 Å². The Kier molecular flexibility index (Phi) is 9.87. The Morgan fingerprint density at radius 1 is 0.829 bits per heavy atom. The van der Waals surface area contributed by atoms with Crippen LogP contribution in [0.3, 0.4) is 0 Å². The Morgan fingerprint density at radius 3 is 2.24 bits per heavy atom. The number of nitro benzene ring substituents is 1. The maximum atomic E-state index is 13.2. The smallest absolute Gasteiger partial charge is 0.276 e. The second kappa shape index (κ2) is 13.9. The van der Waals surface area contributed by atoms with Crippen molar-refractivity contribution in [3.63, 3.8) is 0 Å². The van der Waals surface area contributed by atoms with Crippen molar-refractivity contribution in [3.05, 3.63) is 135 Å². The van der Waals surface area contributed by atoms with Crippen LogP contribution in [-0.4, -0.2) is 28.4 Å². The molecule has 0 aliphatic rings. The van der Waals surface area contributed by atoms with Crippen LogP contribution in [0, 0.1) is 10.1 Å². The van der Waals surface area contributed by atoms with Gasteiger partial charge in [-0.1, -0.05) is 48.0 Å². The first-order valence-corrected chi connectivity index (χ1v) is 13.6. The minimum atomic E-state index is -0.672. The standard InChI is InChI=1S/C30H23ClN4O5S/c31-22-10-6-11-24(18-22)32-28(36)19-41-25-15-13-23(14-16-25)33-30(38)26(34-29(37)20-7-2-1-3-8-20)17-21-9-4-5-12-27(21)35(39)40/h1-18H,19H2,(H,32,36)(H,33,38)(H,34,37)/b26-17-. The highest BCUT2D eigenvalue weighted by molar-refractivity contribution is 8.00. The molecular formula is C30H23ClN4O5S. The van der Waals surface area contributed by atoms with E-state index in [0.29, 0.717) is 22.0 Å². The molecule has 0 saturated heterocycles. The molecule has 41 heavy (non-hydrogen) atoms. The minimum absolute atomic E-state index is 0.152. The number of amides is 3. The Morgan fingerprint density at radius 2 is 1.54 bits per heavy atom. The molecule has 0 atom stereocenters. The highest BCUT2D eigenvalue weighted by Gasteiger charge is 2.18. The van der Waals surface area contributed by atoms with Crippen LogP contribution in [0.15, 0.2) is 114 Å². The summed E-state index contributed by atoms with van der Waals surface area (Å²) in [6.45, 7) is 0. The molecule has 4 aromatic rings. The Balaban J connectivity index is 1.45. The summed E-state index contributed by atoms with van der Waals surface area (Å²) in [5, 5.41) is 20.1. The van der Waals surface area contributed by atoms with Gasteiger partial charge in [-0.2, -0.15) is 0 Å². The van der Waals surface area contributed by atoms with Gasteiger partial charge in [0.15, 0.2) is 0 Å². The summed E-state index contributed by atoms with van der Waals surface area (Å²) < 4.78 is 0. The molecule has 3 amide bonds. The second-order valence-corrected chi connectivity index (χ2v) is 10.0. The van der Waals surface area contributed by atoms with E-state index in [-0.39, 0.29) is 28.6 Å². The van der Waals surface area contributed by atoms with E-state index in [9.17, 15) is 24.5 Å². The molecule has 0 fully saturated rings. The lowest BCUT2D eigenvalue weighted by molar-refractivity contribution is -0.385. The number of benzene rings is 4. The largest absolute Gasteiger partial charge is 0.325 e. The number of hydrogen-bond donors (Lipinski definition) is 3. The minimum Gasteiger partial charge on any atom is -0.325 e. The first-order chi connectivity index (χ1) is 19.8. The van der Waals surface area contributed by atoms with Gasteiger partial charge in [0.1, 0.15) is 5.70 Å². The van der Waals surface area contributed by atoms with Gasteiger partial charge in [-0.05, 0) is 66.7 Å². The van der Waals surface area contributed by atoms with Crippen LogP contribution in [0.25, 0.3) is 6.08 Å². The predicted octanol–water partition coefficient (Wildman–Crippen LogP) is 6.39. The highest BCUT2D eigenvalue weighted by atomic mass is 35.5. The number of carbonyl (C=O) groups is 3. The number of nitro groups is 1. The number of thioether (sulfide) groups is 1. The summed E-state index contributed by atoms with van der Waals surface area (Å²) in [7, 11) is 0. The summed E-state index contributed by atoms with van der Waals surface area (Å²) in [5.41, 5.74) is 1.10. The topological polar surface area (TPSA) is 130 Å². The molecule has 0 spiro atoms. The molecule has 0 radical (unpaired) electrons. The number of hydrogen-bond acceptors (Lipinski definition) is 6. The summed E-state index contributed by atoms with van der Waals surface area (Å²) in [5.74, 6) is -1.26. The van der Waals surface area contributed by atoms with Gasteiger partial charge in [0.2, 0.25) is 5.91 Å². The molecule has 9 nitrogen and oxygen atoms in total. The number of para-hydroxylation sites is 1. The van der Waals surface area contributed by atoms with Crippen LogP contribution in [0.4, 0.5) is 17.1 Å². The third-order valence-electron chi connectivity index (χ3n) is 5.55. The molecule has 11 heteroatoms. The van der Waals surface area contributed by atoms with E-state index >= 15 is 0 Å². The molecule has 206 valence electrons. The zero-order valence-electron chi connectivity index (χ0n) is 21.4. The zero-order chi connectivity index (χ0) is 29.2. The number of nitrogens with one attached hydrogen (secondary N) is 3. The van der Waals surface area contributed by atoms with Crippen LogP contribution in [0.5, 0.6) is 0 Å². The van der Waals surface area contributed by atoms with Crippen LogP contribution in [0.2, 0.25) is 5.02 Å². The maximum Gasteiger partial charge on any atom is 0.276 e. The van der Waals surface area contributed by atoms with E-state index in [4.69, 9.17) is 11.6 Å². The molecular weight excluding hydrogens is 564 g/mol. The average Bonchev–Trinajstić information content (AvgIpc) is 2.97. The average molecular weight is 587 g/mol. The van der Waals surface area contributed by atoms with E-state index in [1.807, 2.05) is 0 Å². The van der Waals surface area contributed by atoms with Gasteiger partial charge in [-0.15, -0.1) is 11.8 Å². The predicted molar refractivity (Wildman–Crippen MR) is 161 cm³/mol. The molecule has 0 bridgehead atoms. The molecule has 0 aliphatic heterocycles. The lowest BCUT2D eigenvalue weighted by Crippen LogP contribution is -2.30. The van der Waals surface area contributed by atoms with Gasteiger partial charge in [0, 0.05) is 32.9 Å². The molecule has 4 rings (SSSR count). The van der Waals surface area contributed by atoms with Crippen LogP contribution >= 0.6 is 23.4 Å². The molecule has 4 aromatic carbocycles. The maximum absolute atomic E-state index is 13.2. The fourth-order valence-electron chi connectivity index (χ4n) is 3.62. The first kappa shape index (κ1) is 29.1. The van der Waals surface area contributed by atoms with Crippen LogP contribution < -0.4 is 16.0 Å². The van der Waals surface area contributed by atoms with Gasteiger partial charge in [0.25, 0.3) is 17.5 Å². The van der Waals surface area contributed by atoms with E-state index < -0.39 is 16.7 Å². The monoisotopic (exact) mass is 586 g/mol. The third kappa shape index (κ3) is 8.53. The van der Waals surface area contributed by atoms with Crippen molar-refractivity contribution < 1.29 is 19.3 Å². The van der Waals surface area contributed by atoms with Gasteiger partial charge < -0.3 is 16.0 Å². The van der Waals surface area contributed by atoms with Crippen LogP contribution in [-0.2, 0) is 9.59 Å². The Labute approximate surface area is 244 Å². The fraction of sp³-hybridized carbons (Fsp3) is 0.0333. The fourth-order valence-corrected chi connectivity index (χ4v) is 4.51. The zero-order valence-corrected chi connectivity index (χ0v) is 22.9. The summed E-state index contributed by atoms with van der Waals surface area (Å²) in [4.78, 5) is 50.0. The van der Waals surface area contributed by atoms with E-state index in [0.717, 1.165) is 4.90 Å².